The summed E-state index contributed by atoms with van der Waals surface area (Å²) in [5.41, 5.74) is 2.67. The zero-order valence-corrected chi connectivity index (χ0v) is 14.5. The minimum atomic E-state index is -0.274. The monoisotopic (exact) mass is 350 g/mol. The molecule has 126 valence electrons. The van der Waals surface area contributed by atoms with Crippen LogP contribution in [0.25, 0.3) is 0 Å². The first-order valence-electron chi connectivity index (χ1n) is 8.10. The molecule has 2 atom stereocenters. The molecule has 3 N–H and O–H groups in total. The number of carbonyl (C=O) groups excluding carboxylic acids is 1. The number of likely N-dealkylation sites (N-methyl/N-ethyl adjacent to an activating group) is 1. The van der Waals surface area contributed by atoms with Crippen molar-refractivity contribution in [3.05, 3.63) is 83.2 Å². The van der Waals surface area contributed by atoms with Crippen LogP contribution >= 0.6 is 12.2 Å². The van der Waals surface area contributed by atoms with Crippen LogP contribution in [0.15, 0.2) is 72.1 Å². The van der Waals surface area contributed by atoms with Crippen LogP contribution in [0.4, 0.5) is 0 Å². The highest BCUT2D eigenvalue weighted by molar-refractivity contribution is 7.80. The maximum atomic E-state index is 13.1. The molecule has 0 fully saturated rings. The third-order valence-corrected chi connectivity index (χ3v) is 4.76. The Morgan fingerprint density at radius 3 is 2.16 bits per heavy atom. The Morgan fingerprint density at radius 1 is 0.920 bits per heavy atom. The third-order valence-electron chi connectivity index (χ3n) is 4.54. The summed E-state index contributed by atoms with van der Waals surface area (Å²) >= 11 is 5.35. The van der Waals surface area contributed by atoms with E-state index in [1.165, 1.54) is 0 Å². The lowest BCUT2D eigenvalue weighted by molar-refractivity contribution is -0.130. The van der Waals surface area contributed by atoms with Gasteiger partial charge in [0, 0.05) is 7.05 Å². The zero-order valence-electron chi connectivity index (χ0n) is 13.7. The van der Waals surface area contributed by atoms with Crippen LogP contribution in [-0.2, 0) is 4.79 Å². The highest BCUT2D eigenvalue weighted by atomic mass is 32.1. The molecule has 0 saturated heterocycles. The van der Waals surface area contributed by atoms with Crippen molar-refractivity contribution in [2.75, 3.05) is 7.05 Å². The van der Waals surface area contributed by atoms with Crippen molar-refractivity contribution in [3.63, 3.8) is 0 Å². The number of hydrogen-bond donors (Lipinski definition) is 3. The number of nitrogens with one attached hydrogen (secondary N) is 3. The number of nitrogens with zero attached hydrogens (tertiary/aromatic N) is 1. The minimum Gasteiger partial charge on any atom is -0.351 e. The molecule has 2 aromatic rings. The lowest BCUT2D eigenvalue weighted by Crippen LogP contribution is -2.56. The quantitative estimate of drug-likeness (QED) is 0.725. The van der Waals surface area contributed by atoms with Crippen molar-refractivity contribution in [2.45, 2.75) is 12.2 Å². The Labute approximate surface area is 151 Å². The van der Waals surface area contributed by atoms with Gasteiger partial charge >= 0.3 is 0 Å². The van der Waals surface area contributed by atoms with Gasteiger partial charge in [0.05, 0.1) is 11.6 Å². The molecule has 0 aliphatic carbocycles. The fraction of sp³-hybridized carbons (Fsp3) is 0.158. The van der Waals surface area contributed by atoms with Gasteiger partial charge in [0.1, 0.15) is 12.0 Å². The second-order valence-corrected chi connectivity index (χ2v) is 6.51. The van der Waals surface area contributed by atoms with Gasteiger partial charge in [-0.05, 0) is 23.3 Å². The summed E-state index contributed by atoms with van der Waals surface area (Å²) in [6.45, 7) is 0. The molecule has 2 aromatic carbocycles. The Hall–Kier alpha value is -2.86. The van der Waals surface area contributed by atoms with Gasteiger partial charge in [-0.25, -0.2) is 0 Å². The molecule has 5 nitrogen and oxygen atoms in total. The summed E-state index contributed by atoms with van der Waals surface area (Å²) in [5, 5.41) is 10.3. The second-order valence-electron chi connectivity index (χ2n) is 6.10. The average Bonchev–Trinajstić information content (AvgIpc) is 2.65. The summed E-state index contributed by atoms with van der Waals surface area (Å²) in [6, 6.07) is 19.5. The summed E-state index contributed by atoms with van der Waals surface area (Å²) < 4.78 is 0. The predicted octanol–water partition coefficient (Wildman–Crippen LogP) is 2.18. The van der Waals surface area contributed by atoms with Crippen molar-refractivity contribution >= 4 is 23.2 Å². The van der Waals surface area contributed by atoms with E-state index in [4.69, 9.17) is 12.2 Å². The van der Waals surface area contributed by atoms with Gasteiger partial charge in [-0.1, -0.05) is 60.7 Å². The van der Waals surface area contributed by atoms with Crippen LogP contribution < -0.4 is 16.0 Å². The van der Waals surface area contributed by atoms with Crippen molar-refractivity contribution in [1.82, 2.24) is 20.9 Å². The van der Waals surface area contributed by atoms with Crippen molar-refractivity contribution in [3.8, 4) is 0 Å². The fourth-order valence-electron chi connectivity index (χ4n) is 3.29. The molecule has 6 heteroatoms. The van der Waals surface area contributed by atoms with E-state index in [2.05, 4.69) is 16.0 Å². The van der Waals surface area contributed by atoms with Crippen LogP contribution in [0.5, 0.6) is 0 Å². The number of hydrogen-bond acceptors (Lipinski definition) is 3. The van der Waals surface area contributed by atoms with Gasteiger partial charge in [-0.15, -0.1) is 0 Å². The smallest absolute Gasteiger partial charge is 0.257 e. The summed E-state index contributed by atoms with van der Waals surface area (Å²) in [6.07, 6.45) is -0.239. The molecular formula is C19H18N4OS. The van der Waals surface area contributed by atoms with E-state index in [0.29, 0.717) is 16.5 Å². The number of carbonyl (C=O) groups is 1. The Morgan fingerprint density at radius 2 is 1.52 bits per heavy atom. The van der Waals surface area contributed by atoms with E-state index in [1.54, 1.807) is 4.90 Å². The highest BCUT2D eigenvalue weighted by Gasteiger charge is 2.39. The van der Waals surface area contributed by atoms with Gasteiger partial charge in [0.2, 0.25) is 0 Å². The van der Waals surface area contributed by atoms with E-state index in [1.807, 2.05) is 67.7 Å². The summed E-state index contributed by atoms with van der Waals surface area (Å²) in [7, 11) is 1.81. The largest absolute Gasteiger partial charge is 0.351 e. The molecular weight excluding hydrogens is 332 g/mol. The van der Waals surface area contributed by atoms with Gasteiger partial charge in [-0.3, -0.25) is 4.79 Å². The maximum absolute atomic E-state index is 13.1. The van der Waals surface area contributed by atoms with Crippen molar-refractivity contribution in [2.24, 2.45) is 0 Å². The van der Waals surface area contributed by atoms with Crippen LogP contribution in [-0.4, -0.2) is 23.0 Å². The van der Waals surface area contributed by atoms with Gasteiger partial charge in [0.15, 0.2) is 5.11 Å². The maximum Gasteiger partial charge on any atom is 0.257 e. The van der Waals surface area contributed by atoms with Crippen molar-refractivity contribution < 1.29 is 4.79 Å². The van der Waals surface area contributed by atoms with Gasteiger partial charge in [-0.2, -0.15) is 0 Å². The second kappa shape index (κ2) is 6.22. The average molecular weight is 350 g/mol. The van der Waals surface area contributed by atoms with Crippen LogP contribution in [0, 0.1) is 0 Å². The van der Waals surface area contributed by atoms with Crippen LogP contribution in [0.3, 0.4) is 0 Å². The normalized spacial score (nSPS) is 22.7. The first kappa shape index (κ1) is 15.7. The zero-order chi connectivity index (χ0) is 17.4. The molecule has 4 rings (SSSR count). The molecule has 1 amide bonds. The molecule has 2 aliphatic rings. The van der Waals surface area contributed by atoms with E-state index in [0.717, 1.165) is 11.1 Å². The summed E-state index contributed by atoms with van der Waals surface area (Å²) in [5.74, 6) is 0.647. The molecule has 0 radical (unpaired) electrons. The molecule has 0 spiro atoms. The molecule has 0 unspecified atom stereocenters. The Bertz CT molecular complexity index is 850. The van der Waals surface area contributed by atoms with E-state index in [9.17, 15) is 4.79 Å². The highest BCUT2D eigenvalue weighted by Crippen LogP contribution is 2.33. The van der Waals surface area contributed by atoms with Gasteiger partial charge in [0.25, 0.3) is 5.91 Å². The number of thiocarbonyl (C=S) groups is 1. The summed E-state index contributed by atoms with van der Waals surface area (Å²) in [4.78, 5) is 14.9. The minimum absolute atomic E-state index is 0.0287. The topological polar surface area (TPSA) is 56.4 Å². The van der Waals surface area contributed by atoms with Gasteiger partial charge < -0.3 is 20.9 Å². The lowest BCUT2D eigenvalue weighted by Gasteiger charge is -2.42. The molecule has 0 saturated carbocycles. The Kier molecular flexibility index (Phi) is 3.89. The van der Waals surface area contributed by atoms with Crippen LogP contribution in [0.1, 0.15) is 23.3 Å². The van der Waals surface area contributed by atoms with E-state index in [-0.39, 0.29) is 18.1 Å². The first-order valence-corrected chi connectivity index (χ1v) is 8.51. The fourth-order valence-corrected chi connectivity index (χ4v) is 3.51. The number of benzene rings is 2. The number of amides is 1. The van der Waals surface area contributed by atoms with Crippen molar-refractivity contribution in [1.29, 1.82) is 0 Å². The first-order chi connectivity index (χ1) is 12.1. The molecule has 0 aromatic heterocycles. The van der Waals surface area contributed by atoms with E-state index >= 15 is 0 Å². The standard InChI is InChI=1S/C19H18N4OS/c1-23-17(13-10-6-3-7-11-13)21-16-14(18(23)24)15(20-19(25)22-16)12-8-4-2-5-9-12/h2-11,15,17,21H,1H3,(H2,20,22,25)/t15-,17+/m0/s1. The third kappa shape index (κ3) is 2.74. The van der Waals surface area contributed by atoms with E-state index < -0.39 is 0 Å². The predicted molar refractivity (Wildman–Crippen MR) is 100 cm³/mol. The molecule has 0 bridgehead atoms. The molecule has 2 heterocycles. The van der Waals surface area contributed by atoms with Crippen LogP contribution in [0.2, 0.25) is 0 Å². The molecule has 25 heavy (non-hydrogen) atoms. The Balaban J connectivity index is 1.77. The molecule has 2 aliphatic heterocycles. The number of rotatable bonds is 2. The SMILES string of the molecule is CN1C(=O)C2=C(NC(=S)N[C@H]2c2ccccc2)N[C@H]1c1ccccc1. The lowest BCUT2D eigenvalue weighted by atomic mass is 9.94.